The van der Waals surface area contributed by atoms with Gasteiger partial charge in [-0.15, -0.1) is 6.58 Å². The molecular formula is C49H70. The Morgan fingerprint density at radius 3 is 1.08 bits per heavy atom. The first-order chi connectivity index (χ1) is 22.6. The van der Waals surface area contributed by atoms with Crippen LogP contribution in [0.5, 0.6) is 0 Å². The summed E-state index contributed by atoms with van der Waals surface area (Å²) in [6.07, 6.45) is 37.3. The molecule has 0 aromatic carbocycles. The zero-order valence-electron chi connectivity index (χ0n) is 33.6. The lowest BCUT2D eigenvalue weighted by molar-refractivity contribution is 0.0675. The third-order valence-corrected chi connectivity index (χ3v) is 13.9. The number of hydrogen-bond acceptors (Lipinski definition) is 0. The molecular weight excluding hydrogens is 589 g/mol. The third kappa shape index (κ3) is 6.74. The van der Waals surface area contributed by atoms with Gasteiger partial charge in [0.25, 0.3) is 0 Å². The van der Waals surface area contributed by atoms with Crippen molar-refractivity contribution in [2.45, 2.75) is 109 Å². The van der Waals surface area contributed by atoms with Crippen LogP contribution in [0.25, 0.3) is 0 Å². The molecule has 0 aromatic rings. The monoisotopic (exact) mass is 659 g/mol. The Hall–Kier alpha value is -2.34. The molecule has 0 spiro atoms. The van der Waals surface area contributed by atoms with Gasteiger partial charge in [-0.1, -0.05) is 169 Å². The average molecular weight is 659 g/mol. The van der Waals surface area contributed by atoms with Crippen LogP contribution in [0.2, 0.25) is 0 Å². The van der Waals surface area contributed by atoms with Crippen molar-refractivity contribution in [2.75, 3.05) is 0 Å². The second-order valence-corrected chi connectivity index (χ2v) is 21.4. The van der Waals surface area contributed by atoms with Gasteiger partial charge in [0.15, 0.2) is 0 Å². The molecule has 0 heterocycles. The van der Waals surface area contributed by atoms with Crippen LogP contribution < -0.4 is 0 Å². The fourth-order valence-corrected chi connectivity index (χ4v) is 11.0. The molecule has 0 N–H and O–H groups in total. The standard InChI is InChI=1S/C49H70/c1-15-16-25-49(14,44-41-28-33(47(8,9)10)19-23-37(41)38-24-20-34(29-42(38)44)48(11,12)13)30-43-39-26-31(45(2,3)4)17-21-35(39)36-22-18-32(27-40(36)43)46(5,6)7/h15,17-24,26-29,35-44H,1,16,25,30H2,2-14H3. The van der Waals surface area contributed by atoms with Crippen molar-refractivity contribution in [3.05, 3.63) is 108 Å². The molecule has 2 saturated carbocycles. The minimum absolute atomic E-state index is 0.149. The Labute approximate surface area is 302 Å². The van der Waals surface area contributed by atoms with E-state index in [4.69, 9.17) is 0 Å². The average Bonchev–Trinajstić information content (AvgIpc) is 3.49. The highest BCUT2D eigenvalue weighted by atomic mass is 14.6. The molecule has 2 fully saturated rings. The molecule has 49 heavy (non-hydrogen) atoms. The van der Waals surface area contributed by atoms with Crippen LogP contribution in [0.4, 0.5) is 0 Å². The molecule has 6 rings (SSSR count). The molecule has 0 nitrogen and oxygen atoms in total. The van der Waals surface area contributed by atoms with Gasteiger partial charge in [0.05, 0.1) is 0 Å². The van der Waals surface area contributed by atoms with Crippen molar-refractivity contribution in [1.82, 2.24) is 0 Å². The van der Waals surface area contributed by atoms with Crippen LogP contribution in [0.3, 0.4) is 0 Å². The fourth-order valence-electron chi connectivity index (χ4n) is 11.0. The summed E-state index contributed by atoms with van der Waals surface area (Å²) in [4.78, 5) is 0. The summed E-state index contributed by atoms with van der Waals surface area (Å²) >= 11 is 0. The van der Waals surface area contributed by atoms with Gasteiger partial charge in [0.1, 0.15) is 0 Å². The highest BCUT2D eigenvalue weighted by molar-refractivity contribution is 5.41. The molecule has 9 unspecified atom stereocenters. The Morgan fingerprint density at radius 2 is 0.776 bits per heavy atom. The Kier molecular flexibility index (Phi) is 9.23. The summed E-state index contributed by atoms with van der Waals surface area (Å²) in [5, 5.41) is 0. The van der Waals surface area contributed by atoms with E-state index in [9.17, 15) is 0 Å². The van der Waals surface area contributed by atoms with E-state index in [0.717, 1.165) is 6.42 Å². The van der Waals surface area contributed by atoms with Crippen molar-refractivity contribution in [2.24, 2.45) is 86.3 Å². The minimum atomic E-state index is 0.149. The van der Waals surface area contributed by atoms with Gasteiger partial charge in [0.2, 0.25) is 0 Å². The Balaban J connectivity index is 1.50. The van der Waals surface area contributed by atoms with E-state index in [1.165, 1.54) is 35.1 Å². The maximum Gasteiger partial charge on any atom is -0.00952 e. The summed E-state index contributed by atoms with van der Waals surface area (Å²) in [6.45, 7) is 35.8. The predicted octanol–water partition coefficient (Wildman–Crippen LogP) is 13.7. The van der Waals surface area contributed by atoms with Crippen molar-refractivity contribution in [1.29, 1.82) is 0 Å². The van der Waals surface area contributed by atoms with Gasteiger partial charge in [-0.25, -0.2) is 0 Å². The quantitative estimate of drug-likeness (QED) is 0.249. The Morgan fingerprint density at radius 1 is 0.469 bits per heavy atom. The summed E-state index contributed by atoms with van der Waals surface area (Å²) in [5.74, 6) is 5.74. The lowest BCUT2D eigenvalue weighted by atomic mass is 9.58. The van der Waals surface area contributed by atoms with Crippen molar-refractivity contribution >= 4 is 0 Å². The number of rotatable bonds is 6. The first-order valence-corrected chi connectivity index (χ1v) is 19.9. The lowest BCUT2D eigenvalue weighted by Gasteiger charge is -2.46. The number of fused-ring (bicyclic) bond motifs is 6. The Bertz CT molecular complexity index is 1440. The molecule has 0 heteroatoms. The van der Waals surface area contributed by atoms with Gasteiger partial charge >= 0.3 is 0 Å². The molecule has 6 aliphatic carbocycles. The topological polar surface area (TPSA) is 0 Å². The second-order valence-electron chi connectivity index (χ2n) is 21.4. The van der Waals surface area contributed by atoms with Gasteiger partial charge in [-0.2, -0.15) is 0 Å². The molecule has 0 aromatic heterocycles. The predicted molar refractivity (Wildman–Crippen MR) is 214 cm³/mol. The van der Waals surface area contributed by atoms with Crippen molar-refractivity contribution in [3.63, 3.8) is 0 Å². The van der Waals surface area contributed by atoms with Crippen molar-refractivity contribution < 1.29 is 0 Å². The summed E-state index contributed by atoms with van der Waals surface area (Å²) < 4.78 is 0. The van der Waals surface area contributed by atoms with Gasteiger partial charge < -0.3 is 0 Å². The number of allylic oxidation sites excluding steroid dienone is 17. The van der Waals surface area contributed by atoms with E-state index < -0.39 is 0 Å². The number of hydrogen-bond donors (Lipinski definition) is 0. The van der Waals surface area contributed by atoms with E-state index >= 15 is 0 Å². The smallest absolute Gasteiger partial charge is 0.00952 e. The molecule has 266 valence electrons. The normalized spacial score (nSPS) is 36.5. The van der Waals surface area contributed by atoms with E-state index in [1.54, 1.807) is 0 Å². The SMILES string of the molecule is C=CCCC(C)(CC1C2C=C(C(C)(C)C)C=CC2C2C=CC(C(C)(C)C)=CC21)C1C2C=C(C(C)(C)C)C=CC2C2C=CC(C(C)(C)C)=CC21. The van der Waals surface area contributed by atoms with Gasteiger partial charge in [0, 0.05) is 0 Å². The second kappa shape index (κ2) is 12.4. The van der Waals surface area contributed by atoms with Gasteiger partial charge in [-0.3, -0.25) is 0 Å². The van der Waals surface area contributed by atoms with E-state index in [-0.39, 0.29) is 27.1 Å². The minimum Gasteiger partial charge on any atom is -0.103 e. The first-order valence-electron chi connectivity index (χ1n) is 19.9. The summed E-state index contributed by atoms with van der Waals surface area (Å²) in [6, 6.07) is 0. The molecule has 9 atom stereocenters. The largest absolute Gasteiger partial charge is 0.103 e. The van der Waals surface area contributed by atoms with Crippen LogP contribution in [-0.4, -0.2) is 0 Å². The van der Waals surface area contributed by atoms with E-state index in [1.807, 2.05) is 0 Å². The van der Waals surface area contributed by atoms with Gasteiger partial charge in [-0.05, 0) is 128 Å². The van der Waals surface area contributed by atoms with Crippen LogP contribution >= 0.6 is 0 Å². The fraction of sp³-hybridized carbons (Fsp3) is 0.633. The van der Waals surface area contributed by atoms with Crippen molar-refractivity contribution in [3.8, 4) is 0 Å². The summed E-state index contributed by atoms with van der Waals surface area (Å²) in [5.41, 5.74) is 6.90. The highest BCUT2D eigenvalue weighted by Crippen LogP contribution is 2.65. The first kappa shape index (κ1) is 36.5. The maximum atomic E-state index is 4.30. The molecule has 0 aliphatic heterocycles. The van der Waals surface area contributed by atoms with E-state index in [0.29, 0.717) is 59.2 Å². The zero-order chi connectivity index (χ0) is 35.9. The van der Waals surface area contributed by atoms with Crippen LogP contribution in [0, 0.1) is 86.3 Å². The lowest BCUT2D eigenvalue weighted by Crippen LogP contribution is -2.39. The summed E-state index contributed by atoms with van der Waals surface area (Å²) in [7, 11) is 0. The molecule has 0 radical (unpaired) electrons. The van der Waals surface area contributed by atoms with E-state index in [2.05, 4.69) is 176 Å². The zero-order valence-corrected chi connectivity index (χ0v) is 33.6. The third-order valence-electron chi connectivity index (χ3n) is 13.9. The molecule has 0 bridgehead atoms. The highest BCUT2D eigenvalue weighted by Gasteiger charge is 2.58. The van der Waals surface area contributed by atoms with Crippen LogP contribution in [-0.2, 0) is 0 Å². The van der Waals surface area contributed by atoms with Crippen LogP contribution in [0.15, 0.2) is 108 Å². The van der Waals surface area contributed by atoms with Crippen LogP contribution in [0.1, 0.15) is 109 Å². The maximum absolute atomic E-state index is 4.30. The molecule has 6 aliphatic rings. The molecule has 0 amide bonds. The molecule has 0 saturated heterocycles.